The molecule has 2 heterocycles. The maximum atomic E-state index is 12.6. The van der Waals surface area contributed by atoms with Gasteiger partial charge in [-0.15, -0.1) is 10.2 Å². The summed E-state index contributed by atoms with van der Waals surface area (Å²) in [6.07, 6.45) is 0. The van der Waals surface area contributed by atoms with Crippen LogP contribution in [0.15, 0.2) is 54.6 Å². The highest BCUT2D eigenvalue weighted by atomic mass is 16.5. The Labute approximate surface area is 192 Å². The maximum absolute atomic E-state index is 12.6. The van der Waals surface area contributed by atoms with Crippen LogP contribution in [0.3, 0.4) is 0 Å². The van der Waals surface area contributed by atoms with Gasteiger partial charge in [0, 0.05) is 43.5 Å². The number of rotatable bonds is 6. The number of nitrogens with one attached hydrogen (secondary N) is 1. The molecule has 0 saturated carbocycles. The lowest BCUT2D eigenvalue weighted by Gasteiger charge is -2.35. The zero-order valence-corrected chi connectivity index (χ0v) is 18.9. The topological polar surface area (TPSA) is 89.1 Å². The number of methoxy groups -OCH3 is 3. The largest absolute Gasteiger partial charge is 0.497 e. The summed E-state index contributed by atoms with van der Waals surface area (Å²) in [6.45, 7) is 2.51. The zero-order chi connectivity index (χ0) is 23.2. The van der Waals surface area contributed by atoms with E-state index in [2.05, 4.69) is 20.4 Å². The first kappa shape index (κ1) is 22.2. The molecule has 1 aliphatic rings. The van der Waals surface area contributed by atoms with Crippen molar-refractivity contribution < 1.29 is 19.0 Å². The zero-order valence-electron chi connectivity index (χ0n) is 18.9. The van der Waals surface area contributed by atoms with E-state index in [1.54, 1.807) is 32.3 Å². The third kappa shape index (κ3) is 5.08. The highest BCUT2D eigenvalue weighted by Gasteiger charge is 2.22. The molecule has 1 aliphatic heterocycles. The summed E-state index contributed by atoms with van der Waals surface area (Å²) < 4.78 is 16.0. The average molecular weight is 450 g/mol. The molecule has 2 aromatic carbocycles. The lowest BCUT2D eigenvalue weighted by atomic mass is 10.1. The Bertz CT molecular complexity index is 1100. The maximum Gasteiger partial charge on any atom is 0.321 e. The number of amides is 2. The smallest absolute Gasteiger partial charge is 0.321 e. The van der Waals surface area contributed by atoms with Crippen molar-refractivity contribution in [2.24, 2.45) is 0 Å². The molecule has 4 rings (SSSR count). The predicted octanol–water partition coefficient (Wildman–Crippen LogP) is 3.52. The van der Waals surface area contributed by atoms with Crippen LogP contribution in [-0.4, -0.2) is 68.6 Å². The highest BCUT2D eigenvalue weighted by molar-refractivity contribution is 5.89. The Morgan fingerprint density at radius 3 is 2.27 bits per heavy atom. The molecule has 0 unspecified atom stereocenters. The van der Waals surface area contributed by atoms with Crippen LogP contribution >= 0.6 is 0 Å². The monoisotopic (exact) mass is 449 g/mol. The lowest BCUT2D eigenvalue weighted by molar-refractivity contribution is 0.208. The Hall–Kier alpha value is -4.01. The number of anilines is 2. The summed E-state index contributed by atoms with van der Waals surface area (Å²) >= 11 is 0. The second-order valence-electron chi connectivity index (χ2n) is 7.48. The molecular formula is C24H27N5O4. The van der Waals surface area contributed by atoms with Gasteiger partial charge in [0.05, 0.1) is 27.0 Å². The first-order valence-electron chi connectivity index (χ1n) is 10.6. The van der Waals surface area contributed by atoms with Crippen molar-refractivity contribution in [1.82, 2.24) is 15.1 Å². The van der Waals surface area contributed by atoms with E-state index in [4.69, 9.17) is 14.2 Å². The molecule has 1 fully saturated rings. The molecule has 172 valence electrons. The first-order valence-corrected chi connectivity index (χ1v) is 10.6. The van der Waals surface area contributed by atoms with Gasteiger partial charge in [0.1, 0.15) is 17.2 Å². The Kier molecular flexibility index (Phi) is 6.77. The second kappa shape index (κ2) is 10.1. The minimum absolute atomic E-state index is 0.130. The van der Waals surface area contributed by atoms with Crippen LogP contribution in [0.4, 0.5) is 16.3 Å². The fourth-order valence-electron chi connectivity index (χ4n) is 3.69. The van der Waals surface area contributed by atoms with E-state index in [0.29, 0.717) is 49.1 Å². The molecule has 3 aromatic rings. The van der Waals surface area contributed by atoms with Gasteiger partial charge in [0.15, 0.2) is 5.82 Å². The van der Waals surface area contributed by atoms with E-state index in [-0.39, 0.29) is 6.03 Å². The van der Waals surface area contributed by atoms with Crippen LogP contribution in [0, 0.1) is 0 Å². The SMILES string of the molecule is COc1cccc(NC(=O)N2CCN(c3ccc(-c4cc(OC)ccc4OC)nn3)CC2)c1. The Balaban J connectivity index is 1.38. The molecule has 9 nitrogen and oxygen atoms in total. The van der Waals surface area contributed by atoms with Crippen LogP contribution < -0.4 is 24.4 Å². The van der Waals surface area contributed by atoms with E-state index in [1.165, 1.54) is 0 Å². The third-order valence-electron chi connectivity index (χ3n) is 5.54. The number of urea groups is 1. The fourth-order valence-corrected chi connectivity index (χ4v) is 3.69. The summed E-state index contributed by atoms with van der Waals surface area (Å²) in [4.78, 5) is 16.5. The van der Waals surface area contributed by atoms with E-state index in [0.717, 1.165) is 17.1 Å². The third-order valence-corrected chi connectivity index (χ3v) is 5.54. The molecule has 0 atom stereocenters. The fraction of sp³-hybridized carbons (Fsp3) is 0.292. The van der Waals surface area contributed by atoms with Crippen molar-refractivity contribution in [2.45, 2.75) is 0 Å². The number of ether oxygens (including phenoxy) is 3. The van der Waals surface area contributed by atoms with Crippen molar-refractivity contribution in [3.63, 3.8) is 0 Å². The van der Waals surface area contributed by atoms with Gasteiger partial charge in [-0.1, -0.05) is 6.07 Å². The normalized spacial score (nSPS) is 13.4. The first-order chi connectivity index (χ1) is 16.1. The quantitative estimate of drug-likeness (QED) is 0.616. The van der Waals surface area contributed by atoms with Gasteiger partial charge in [0.25, 0.3) is 0 Å². The number of carbonyl (C=O) groups excluding carboxylic acids is 1. The number of hydrogen-bond acceptors (Lipinski definition) is 7. The second-order valence-corrected chi connectivity index (χ2v) is 7.48. The van der Waals surface area contributed by atoms with E-state index < -0.39 is 0 Å². The van der Waals surface area contributed by atoms with Crippen LogP contribution in [0.1, 0.15) is 0 Å². The summed E-state index contributed by atoms with van der Waals surface area (Å²) in [6, 6.07) is 16.6. The van der Waals surface area contributed by atoms with Gasteiger partial charge in [0.2, 0.25) is 0 Å². The Morgan fingerprint density at radius 2 is 1.61 bits per heavy atom. The molecule has 1 saturated heterocycles. The number of nitrogens with zero attached hydrogens (tertiary/aromatic N) is 4. The van der Waals surface area contributed by atoms with Crippen molar-refractivity contribution in [3.8, 4) is 28.5 Å². The molecule has 33 heavy (non-hydrogen) atoms. The molecule has 0 aliphatic carbocycles. The van der Waals surface area contributed by atoms with Crippen LogP contribution in [0.2, 0.25) is 0 Å². The van der Waals surface area contributed by atoms with Crippen LogP contribution in [-0.2, 0) is 0 Å². The van der Waals surface area contributed by atoms with Crippen molar-refractivity contribution >= 4 is 17.5 Å². The molecule has 0 spiro atoms. The number of carbonyl (C=O) groups is 1. The number of piperazine rings is 1. The van der Waals surface area contributed by atoms with Gasteiger partial charge in [-0.25, -0.2) is 4.79 Å². The van der Waals surface area contributed by atoms with E-state index in [9.17, 15) is 4.79 Å². The van der Waals surface area contributed by atoms with Crippen molar-refractivity contribution in [2.75, 3.05) is 57.7 Å². The Morgan fingerprint density at radius 1 is 0.848 bits per heavy atom. The van der Waals surface area contributed by atoms with Gasteiger partial charge in [-0.3, -0.25) is 0 Å². The average Bonchev–Trinajstić information content (AvgIpc) is 2.88. The van der Waals surface area contributed by atoms with Crippen LogP contribution in [0.5, 0.6) is 17.2 Å². The summed E-state index contributed by atoms with van der Waals surface area (Å²) in [5, 5.41) is 11.7. The molecule has 1 N–H and O–H groups in total. The number of hydrogen-bond donors (Lipinski definition) is 1. The van der Waals surface area contributed by atoms with Crippen molar-refractivity contribution in [3.05, 3.63) is 54.6 Å². The predicted molar refractivity (Wildman–Crippen MR) is 126 cm³/mol. The minimum atomic E-state index is -0.130. The van der Waals surface area contributed by atoms with Gasteiger partial charge in [-0.2, -0.15) is 0 Å². The van der Waals surface area contributed by atoms with Gasteiger partial charge in [-0.05, 0) is 42.5 Å². The van der Waals surface area contributed by atoms with Gasteiger partial charge < -0.3 is 29.3 Å². The molecule has 1 aromatic heterocycles. The van der Waals surface area contributed by atoms with Crippen molar-refractivity contribution in [1.29, 1.82) is 0 Å². The minimum Gasteiger partial charge on any atom is -0.497 e. The van der Waals surface area contributed by atoms with Crippen LogP contribution in [0.25, 0.3) is 11.3 Å². The number of benzene rings is 2. The summed E-state index contributed by atoms with van der Waals surface area (Å²) in [5.74, 6) is 2.90. The molecule has 9 heteroatoms. The molecule has 2 amide bonds. The summed E-state index contributed by atoms with van der Waals surface area (Å²) in [7, 11) is 4.84. The van der Waals surface area contributed by atoms with Gasteiger partial charge >= 0.3 is 6.03 Å². The highest BCUT2D eigenvalue weighted by Crippen LogP contribution is 2.32. The molecule has 0 radical (unpaired) electrons. The summed E-state index contributed by atoms with van der Waals surface area (Å²) in [5.41, 5.74) is 2.22. The number of aromatic nitrogens is 2. The molecule has 0 bridgehead atoms. The lowest BCUT2D eigenvalue weighted by Crippen LogP contribution is -2.50. The standard InChI is InChI=1S/C24H27N5O4/c1-31-18-6-4-5-17(15-18)25-24(30)29-13-11-28(12-14-29)23-10-8-21(26-27-23)20-16-19(32-2)7-9-22(20)33-3/h4-10,15-16H,11-14H2,1-3H3,(H,25,30). The van der Waals surface area contributed by atoms with E-state index >= 15 is 0 Å². The van der Waals surface area contributed by atoms with E-state index in [1.807, 2.05) is 48.5 Å². The molecular weight excluding hydrogens is 422 g/mol.